The minimum atomic E-state index is 0.153. The third kappa shape index (κ3) is 2.78. The van der Waals surface area contributed by atoms with Gasteiger partial charge >= 0.3 is 0 Å². The molecule has 3 aliphatic rings. The molecule has 3 fully saturated rings. The number of aromatic nitrogens is 1. The number of hydrogen-bond donors (Lipinski definition) is 1. The number of piperidine rings is 1. The lowest BCUT2D eigenvalue weighted by Gasteiger charge is -2.63. The first-order valence-electron chi connectivity index (χ1n) is 10.5. The van der Waals surface area contributed by atoms with Crippen molar-refractivity contribution in [1.82, 2.24) is 14.8 Å². The van der Waals surface area contributed by atoms with E-state index < -0.39 is 0 Å². The number of H-pyrrole nitrogens is 1. The first-order chi connectivity index (χ1) is 13.7. The van der Waals surface area contributed by atoms with E-state index >= 15 is 0 Å². The van der Waals surface area contributed by atoms with Crippen LogP contribution in [-0.2, 0) is 9.47 Å². The molecule has 1 amide bonds. The maximum absolute atomic E-state index is 13.1. The Hall–Kier alpha value is -1.89. The Kier molecular flexibility index (Phi) is 4.65. The lowest BCUT2D eigenvalue weighted by Crippen LogP contribution is -2.75. The van der Waals surface area contributed by atoms with E-state index in [9.17, 15) is 4.79 Å². The number of benzene rings is 1. The van der Waals surface area contributed by atoms with Crippen molar-refractivity contribution in [2.75, 3.05) is 40.0 Å². The van der Waals surface area contributed by atoms with Crippen LogP contribution in [0.15, 0.2) is 30.5 Å². The molecule has 1 aromatic carbocycles. The predicted molar refractivity (Wildman–Crippen MR) is 108 cm³/mol. The fourth-order valence-electron chi connectivity index (χ4n) is 5.57. The van der Waals surface area contributed by atoms with E-state index in [0.717, 1.165) is 75.0 Å². The average Bonchev–Trinajstić information content (AvgIpc) is 3.23. The van der Waals surface area contributed by atoms with Gasteiger partial charge in [-0.1, -0.05) is 6.07 Å². The van der Waals surface area contributed by atoms with Crippen molar-refractivity contribution >= 4 is 16.8 Å². The maximum Gasteiger partial charge on any atom is 0.254 e. The van der Waals surface area contributed by atoms with Gasteiger partial charge in [0.05, 0.1) is 11.6 Å². The number of nitrogens with zero attached hydrogens (tertiary/aromatic N) is 2. The summed E-state index contributed by atoms with van der Waals surface area (Å²) in [7, 11) is 1.84. The predicted octanol–water partition coefficient (Wildman–Crippen LogP) is 2.65. The van der Waals surface area contributed by atoms with Gasteiger partial charge in [-0.05, 0) is 43.9 Å². The van der Waals surface area contributed by atoms with Gasteiger partial charge in [0.15, 0.2) is 0 Å². The lowest BCUT2D eigenvalue weighted by molar-refractivity contribution is -0.207. The second-order valence-corrected chi connectivity index (χ2v) is 8.36. The molecule has 3 saturated heterocycles. The van der Waals surface area contributed by atoms with Crippen LogP contribution in [0, 0.1) is 0 Å². The van der Waals surface area contributed by atoms with Crippen LogP contribution in [0.25, 0.3) is 10.9 Å². The Morgan fingerprint density at radius 1 is 1.21 bits per heavy atom. The van der Waals surface area contributed by atoms with Crippen LogP contribution in [0.3, 0.4) is 0 Å². The number of hydrogen-bond acceptors (Lipinski definition) is 4. The smallest absolute Gasteiger partial charge is 0.254 e. The van der Waals surface area contributed by atoms with Gasteiger partial charge in [0.25, 0.3) is 5.91 Å². The zero-order chi connectivity index (χ0) is 19.1. The Labute approximate surface area is 165 Å². The Morgan fingerprint density at radius 2 is 2.00 bits per heavy atom. The fourth-order valence-corrected chi connectivity index (χ4v) is 5.57. The first kappa shape index (κ1) is 18.2. The number of amides is 1. The van der Waals surface area contributed by atoms with Crippen LogP contribution in [-0.4, -0.2) is 78.3 Å². The molecule has 1 spiro atoms. The van der Waals surface area contributed by atoms with Crippen molar-refractivity contribution in [3.8, 4) is 0 Å². The molecule has 0 bridgehead atoms. The Balaban J connectivity index is 1.26. The number of likely N-dealkylation sites (tertiary alicyclic amines) is 2. The SMILES string of the molecule is CO[C@H]1CN(C2CCN(C(=O)c3cccc4[nH]ccc34)CC2)C12CCOCC2. The van der Waals surface area contributed by atoms with Gasteiger partial charge < -0.3 is 19.4 Å². The van der Waals surface area contributed by atoms with E-state index in [0.29, 0.717) is 12.1 Å². The highest BCUT2D eigenvalue weighted by Crippen LogP contribution is 2.44. The van der Waals surface area contributed by atoms with E-state index in [4.69, 9.17) is 9.47 Å². The summed E-state index contributed by atoms with van der Waals surface area (Å²) in [6.45, 7) is 4.32. The molecular formula is C22H29N3O3. The molecule has 1 aromatic heterocycles. The van der Waals surface area contributed by atoms with Crippen LogP contribution < -0.4 is 0 Å². The van der Waals surface area contributed by atoms with Crippen LogP contribution >= 0.6 is 0 Å². The quantitative estimate of drug-likeness (QED) is 0.885. The standard InChI is InChI=1S/C22H29N3O3/c1-27-20-15-25(22(20)8-13-28-14-9-22)16-6-11-24(12-7-16)21(26)18-3-2-4-19-17(18)5-10-23-19/h2-5,10,16,20,23H,6-9,11-15H2,1H3/t20-/m0/s1. The molecule has 150 valence electrons. The molecule has 0 radical (unpaired) electrons. The number of nitrogens with one attached hydrogen (secondary N) is 1. The first-order valence-corrected chi connectivity index (χ1v) is 10.5. The summed E-state index contributed by atoms with van der Waals surface area (Å²) >= 11 is 0. The molecule has 6 heteroatoms. The lowest BCUT2D eigenvalue weighted by atomic mass is 9.73. The van der Waals surface area contributed by atoms with Crippen molar-refractivity contribution in [2.45, 2.75) is 43.4 Å². The van der Waals surface area contributed by atoms with Crippen LogP contribution in [0.4, 0.5) is 0 Å². The highest BCUT2D eigenvalue weighted by Gasteiger charge is 2.56. The maximum atomic E-state index is 13.1. The molecule has 0 unspecified atom stereocenters. The molecular weight excluding hydrogens is 354 g/mol. The van der Waals surface area contributed by atoms with Crippen molar-refractivity contribution < 1.29 is 14.3 Å². The highest BCUT2D eigenvalue weighted by molar-refractivity contribution is 6.06. The summed E-state index contributed by atoms with van der Waals surface area (Å²) in [4.78, 5) is 21.0. The van der Waals surface area contributed by atoms with Gasteiger partial charge in [-0.15, -0.1) is 0 Å². The third-order valence-corrected chi connectivity index (χ3v) is 7.19. The van der Waals surface area contributed by atoms with Crippen LogP contribution in [0.2, 0.25) is 0 Å². The molecule has 3 aliphatic heterocycles. The van der Waals surface area contributed by atoms with Crippen molar-refractivity contribution in [1.29, 1.82) is 0 Å². The number of aromatic amines is 1. The molecule has 2 aromatic rings. The summed E-state index contributed by atoms with van der Waals surface area (Å²) in [6, 6.07) is 8.45. The summed E-state index contributed by atoms with van der Waals surface area (Å²) < 4.78 is 11.4. The number of ether oxygens (including phenoxy) is 2. The molecule has 6 nitrogen and oxygen atoms in total. The molecule has 0 aliphatic carbocycles. The van der Waals surface area contributed by atoms with Gasteiger partial charge in [0.2, 0.25) is 0 Å². The summed E-state index contributed by atoms with van der Waals surface area (Å²) in [5, 5.41) is 1.02. The van der Waals surface area contributed by atoms with Gasteiger partial charge in [0, 0.05) is 68.7 Å². The Bertz CT molecular complexity index is 850. The molecule has 4 heterocycles. The molecule has 1 N–H and O–H groups in total. The zero-order valence-electron chi connectivity index (χ0n) is 16.5. The Morgan fingerprint density at radius 3 is 2.75 bits per heavy atom. The number of methoxy groups -OCH3 is 1. The van der Waals surface area contributed by atoms with E-state index in [1.807, 2.05) is 42.5 Å². The minimum absolute atomic E-state index is 0.153. The van der Waals surface area contributed by atoms with Crippen molar-refractivity contribution in [2.24, 2.45) is 0 Å². The second-order valence-electron chi connectivity index (χ2n) is 8.36. The number of rotatable bonds is 3. The summed E-state index contributed by atoms with van der Waals surface area (Å²) in [5.41, 5.74) is 1.98. The monoisotopic (exact) mass is 383 g/mol. The second kappa shape index (κ2) is 7.17. The van der Waals surface area contributed by atoms with Crippen LogP contribution in [0.5, 0.6) is 0 Å². The number of fused-ring (bicyclic) bond motifs is 1. The summed E-state index contributed by atoms with van der Waals surface area (Å²) in [5.74, 6) is 0.155. The van der Waals surface area contributed by atoms with Crippen molar-refractivity contribution in [3.63, 3.8) is 0 Å². The average molecular weight is 383 g/mol. The van der Waals surface area contributed by atoms with E-state index in [-0.39, 0.29) is 11.4 Å². The van der Waals surface area contributed by atoms with Gasteiger partial charge in [-0.2, -0.15) is 0 Å². The fraction of sp³-hybridized carbons (Fsp3) is 0.591. The topological polar surface area (TPSA) is 57.8 Å². The van der Waals surface area contributed by atoms with Gasteiger partial charge in [-0.25, -0.2) is 0 Å². The number of carbonyl (C=O) groups excluding carboxylic acids is 1. The summed E-state index contributed by atoms with van der Waals surface area (Å²) in [6.07, 6.45) is 6.40. The number of carbonyl (C=O) groups is 1. The highest BCUT2D eigenvalue weighted by atomic mass is 16.5. The van der Waals surface area contributed by atoms with E-state index in [1.165, 1.54) is 0 Å². The minimum Gasteiger partial charge on any atom is -0.381 e. The molecule has 1 atom stereocenters. The van der Waals surface area contributed by atoms with E-state index in [2.05, 4.69) is 9.88 Å². The van der Waals surface area contributed by atoms with Gasteiger partial charge in [0.1, 0.15) is 0 Å². The molecule has 0 saturated carbocycles. The van der Waals surface area contributed by atoms with Gasteiger partial charge in [-0.3, -0.25) is 9.69 Å². The third-order valence-electron chi connectivity index (χ3n) is 7.19. The van der Waals surface area contributed by atoms with E-state index in [1.54, 1.807) is 0 Å². The largest absolute Gasteiger partial charge is 0.381 e. The van der Waals surface area contributed by atoms with Crippen LogP contribution in [0.1, 0.15) is 36.0 Å². The normalized spacial score (nSPS) is 25.9. The van der Waals surface area contributed by atoms with Crippen molar-refractivity contribution in [3.05, 3.63) is 36.0 Å². The molecule has 5 rings (SSSR count). The molecule has 28 heavy (non-hydrogen) atoms. The zero-order valence-corrected chi connectivity index (χ0v) is 16.5.